The molecular weight excluding hydrogens is 462 g/mol. The van der Waals surface area contributed by atoms with Crippen molar-refractivity contribution in [2.45, 2.75) is 13.0 Å². The van der Waals surface area contributed by atoms with Gasteiger partial charge < -0.3 is 25.4 Å². The lowest BCUT2D eigenvalue weighted by molar-refractivity contribution is 0.313. The van der Waals surface area contributed by atoms with Crippen LogP contribution in [0.1, 0.15) is 12.6 Å². The molecule has 2 aliphatic heterocycles. The largest absolute Gasteiger partial charge is 0.368 e. The molecule has 1 aromatic carbocycles. The fraction of sp³-hybridized carbons (Fsp3) is 0.321. The molecule has 4 aromatic rings. The van der Waals surface area contributed by atoms with E-state index in [0.29, 0.717) is 0 Å². The van der Waals surface area contributed by atoms with E-state index < -0.39 is 0 Å². The molecule has 6 rings (SSSR count). The highest BCUT2D eigenvalue weighted by atomic mass is 15.3. The van der Waals surface area contributed by atoms with Gasteiger partial charge in [-0.2, -0.15) is 5.10 Å². The summed E-state index contributed by atoms with van der Waals surface area (Å²) in [5.74, 6) is 0.829. The summed E-state index contributed by atoms with van der Waals surface area (Å²) in [6.07, 6.45) is 7.59. The Bertz CT molecular complexity index is 1570. The number of aromatic amines is 2. The third-order valence-electron chi connectivity index (χ3n) is 7.37. The van der Waals surface area contributed by atoms with Gasteiger partial charge in [-0.15, -0.1) is 0 Å². The molecule has 2 saturated heterocycles. The lowest BCUT2D eigenvalue weighted by Gasteiger charge is -2.37. The summed E-state index contributed by atoms with van der Waals surface area (Å²) in [5, 5.41) is 11.0. The van der Waals surface area contributed by atoms with Crippen molar-refractivity contribution in [3.05, 3.63) is 59.5 Å². The number of piperazine rings is 1. The number of likely N-dealkylation sites (N-methyl/N-ethyl adjacent to an activating group) is 1. The first-order valence-corrected chi connectivity index (χ1v) is 12.8. The molecule has 5 heterocycles. The minimum atomic E-state index is 0.199. The maximum absolute atomic E-state index is 5.95. The molecule has 0 aliphatic carbocycles. The molecule has 0 amide bonds. The minimum Gasteiger partial charge on any atom is -0.368 e. The Morgan fingerprint density at radius 2 is 1.95 bits per heavy atom. The molecule has 4 N–H and O–H groups in total. The van der Waals surface area contributed by atoms with Crippen LogP contribution in [0.3, 0.4) is 0 Å². The first-order valence-electron chi connectivity index (χ1n) is 12.8. The van der Waals surface area contributed by atoms with Crippen LogP contribution in [-0.2, 0) is 0 Å². The van der Waals surface area contributed by atoms with Gasteiger partial charge in [-0.25, -0.2) is 4.98 Å². The van der Waals surface area contributed by atoms with E-state index in [-0.39, 0.29) is 6.04 Å². The van der Waals surface area contributed by atoms with Gasteiger partial charge in [0.05, 0.1) is 29.1 Å². The zero-order chi connectivity index (χ0) is 25.5. The minimum absolute atomic E-state index is 0.199. The third kappa shape index (κ3) is 4.41. The average molecular weight is 496 g/mol. The average Bonchev–Trinajstić information content (AvgIpc) is 3.51. The molecule has 190 valence electrons. The highest BCUT2D eigenvalue weighted by Crippen LogP contribution is 2.30. The molecule has 0 radical (unpaired) electrons. The first kappa shape index (κ1) is 23.4. The molecule has 0 spiro atoms. The van der Waals surface area contributed by atoms with Crippen LogP contribution < -0.4 is 26.1 Å². The smallest absolute Gasteiger partial charge is 0.147 e. The zero-order valence-electron chi connectivity index (χ0n) is 21.4. The Hall–Kier alpha value is -3.95. The molecule has 9 heteroatoms. The predicted molar refractivity (Wildman–Crippen MR) is 151 cm³/mol. The number of aromatic nitrogens is 5. The van der Waals surface area contributed by atoms with Crippen molar-refractivity contribution in [2.24, 2.45) is 5.73 Å². The molecule has 2 aliphatic rings. The van der Waals surface area contributed by atoms with E-state index >= 15 is 0 Å². The summed E-state index contributed by atoms with van der Waals surface area (Å²) in [4.78, 5) is 19.8. The molecule has 0 bridgehead atoms. The Morgan fingerprint density at radius 3 is 2.70 bits per heavy atom. The van der Waals surface area contributed by atoms with Gasteiger partial charge in [-0.3, -0.25) is 10.1 Å². The van der Waals surface area contributed by atoms with Crippen LogP contribution in [0.5, 0.6) is 0 Å². The number of anilines is 2. The third-order valence-corrected chi connectivity index (χ3v) is 7.37. The highest BCUT2D eigenvalue weighted by Gasteiger charge is 2.24. The second kappa shape index (κ2) is 9.49. The molecule has 9 nitrogen and oxygen atoms in total. The normalized spacial score (nSPS) is 18.1. The van der Waals surface area contributed by atoms with E-state index in [0.717, 1.165) is 83.8 Å². The summed E-state index contributed by atoms with van der Waals surface area (Å²) in [5.41, 5.74) is 11.7. The van der Waals surface area contributed by atoms with Crippen molar-refractivity contribution < 1.29 is 0 Å². The number of benzene rings is 1. The first-order chi connectivity index (χ1) is 18.0. The van der Waals surface area contributed by atoms with Gasteiger partial charge in [-0.05, 0) is 43.8 Å². The summed E-state index contributed by atoms with van der Waals surface area (Å²) >= 11 is 0. The van der Waals surface area contributed by atoms with Crippen LogP contribution in [0.4, 0.5) is 11.5 Å². The number of fused-ring (bicyclic) bond motifs is 1. The van der Waals surface area contributed by atoms with Gasteiger partial charge in [0.15, 0.2) is 0 Å². The molecule has 0 atom stereocenters. The lowest BCUT2D eigenvalue weighted by Crippen LogP contribution is -2.56. The van der Waals surface area contributed by atoms with E-state index in [1.807, 2.05) is 19.1 Å². The second-order valence-corrected chi connectivity index (χ2v) is 10.00. The van der Waals surface area contributed by atoms with Crippen LogP contribution in [0.2, 0.25) is 0 Å². The number of hydrogen-bond donors (Lipinski definition) is 3. The molecule has 2 fully saturated rings. The van der Waals surface area contributed by atoms with Crippen LogP contribution >= 0.6 is 0 Å². The van der Waals surface area contributed by atoms with E-state index in [4.69, 9.17) is 10.7 Å². The second-order valence-electron chi connectivity index (χ2n) is 10.00. The van der Waals surface area contributed by atoms with Crippen molar-refractivity contribution in [1.29, 1.82) is 0 Å². The van der Waals surface area contributed by atoms with Gasteiger partial charge in [0.1, 0.15) is 11.5 Å². The molecule has 0 unspecified atom stereocenters. The number of allylic oxidation sites excluding steroid dienone is 1. The van der Waals surface area contributed by atoms with Crippen molar-refractivity contribution >= 4 is 40.1 Å². The van der Waals surface area contributed by atoms with Crippen molar-refractivity contribution in [3.8, 4) is 11.4 Å². The summed E-state index contributed by atoms with van der Waals surface area (Å²) in [7, 11) is 2.18. The van der Waals surface area contributed by atoms with Crippen LogP contribution in [-0.4, -0.2) is 82.4 Å². The van der Waals surface area contributed by atoms with Gasteiger partial charge in [-0.1, -0.05) is 18.7 Å². The van der Waals surface area contributed by atoms with Crippen molar-refractivity contribution in [1.82, 2.24) is 30.0 Å². The lowest BCUT2D eigenvalue weighted by atomic mass is 10.1. The van der Waals surface area contributed by atoms with E-state index in [9.17, 15) is 0 Å². The van der Waals surface area contributed by atoms with Gasteiger partial charge in [0.25, 0.3) is 0 Å². The Kier molecular flexibility index (Phi) is 6.02. The van der Waals surface area contributed by atoms with Crippen LogP contribution in [0.25, 0.3) is 40.0 Å². The quantitative estimate of drug-likeness (QED) is 0.386. The monoisotopic (exact) mass is 495 g/mol. The van der Waals surface area contributed by atoms with E-state index in [2.05, 4.69) is 72.8 Å². The van der Waals surface area contributed by atoms with E-state index in [1.54, 1.807) is 12.4 Å². The number of nitrogens with two attached hydrogens (primary N) is 1. The Labute approximate surface area is 216 Å². The van der Waals surface area contributed by atoms with Crippen LogP contribution in [0, 0.1) is 0 Å². The number of rotatable bonds is 5. The molecular formula is C28H33N9. The van der Waals surface area contributed by atoms with Gasteiger partial charge >= 0.3 is 0 Å². The fourth-order valence-corrected chi connectivity index (χ4v) is 5.14. The zero-order valence-corrected chi connectivity index (χ0v) is 21.4. The molecule has 0 saturated carbocycles. The number of hydrogen-bond acceptors (Lipinski definition) is 7. The standard InChI is InChI=1S/C28H33N9/c1-4-22-21(12-18(2)25-14-30-15-27(32-25)37-16-19(29)17-37)28(34-33-22)24-13-20-23(31-24)6-5-7-26(20)36-10-8-35(3)9-11-36/h4-7,12-15,19,31,33H,2,8-11,16-17,29H2,1,3H3/b21-12+,22-4+. The highest BCUT2D eigenvalue weighted by molar-refractivity contribution is 5.96. The molecule has 3 aromatic heterocycles. The number of H-pyrrole nitrogens is 2. The number of nitrogens with zero attached hydrogens (tertiary/aromatic N) is 6. The Morgan fingerprint density at radius 1 is 1.14 bits per heavy atom. The van der Waals surface area contributed by atoms with Crippen LogP contribution in [0.15, 0.2) is 43.2 Å². The van der Waals surface area contributed by atoms with Crippen molar-refractivity contribution in [3.63, 3.8) is 0 Å². The van der Waals surface area contributed by atoms with Crippen molar-refractivity contribution in [2.75, 3.05) is 56.1 Å². The summed E-state index contributed by atoms with van der Waals surface area (Å²) < 4.78 is 0. The van der Waals surface area contributed by atoms with E-state index in [1.165, 1.54) is 11.1 Å². The predicted octanol–water partition coefficient (Wildman–Crippen LogP) is 1.54. The Balaban J connectivity index is 1.37. The SMILES string of the molecule is C=C(/C=c1/c(-c2cc3c(N4CCN(C)CC4)cccc3[nH]2)n[nH]/c1=C/C)c1cncc(N2CC(N)C2)n1. The maximum Gasteiger partial charge on any atom is 0.147 e. The topological polar surface area (TPSA) is 106 Å². The maximum atomic E-state index is 5.95. The summed E-state index contributed by atoms with van der Waals surface area (Å²) in [6.45, 7) is 12.1. The van der Waals surface area contributed by atoms with Gasteiger partial charge in [0, 0.05) is 67.1 Å². The fourth-order valence-electron chi connectivity index (χ4n) is 5.14. The van der Waals surface area contributed by atoms with Gasteiger partial charge in [0.2, 0.25) is 0 Å². The summed E-state index contributed by atoms with van der Waals surface area (Å²) in [6, 6.07) is 8.88. The molecule has 37 heavy (non-hydrogen) atoms. The number of nitrogens with one attached hydrogen (secondary N) is 2.